The molecule has 0 radical (unpaired) electrons. The molecule has 3 atom stereocenters. The molecule has 2 rings (SSSR count). The molecule has 1 saturated carbocycles. The molecule has 0 bridgehead atoms. The quantitative estimate of drug-likeness (QED) is 0.767. The van der Waals surface area contributed by atoms with Crippen molar-refractivity contribution in [1.82, 2.24) is 10.2 Å². The van der Waals surface area contributed by atoms with Gasteiger partial charge in [-0.3, -0.25) is 0 Å². The highest BCUT2D eigenvalue weighted by Gasteiger charge is 2.25. The minimum atomic E-state index is 0.870. The molecule has 88 valence electrons. The zero-order valence-corrected chi connectivity index (χ0v) is 10.3. The molecular formula is C13H26N2. The van der Waals surface area contributed by atoms with Gasteiger partial charge in [0.05, 0.1) is 0 Å². The molecule has 0 aromatic carbocycles. The Balaban J connectivity index is 1.76. The third-order valence-electron chi connectivity index (χ3n) is 4.24. The molecular weight excluding hydrogens is 184 g/mol. The Morgan fingerprint density at radius 2 is 2.13 bits per heavy atom. The normalized spacial score (nSPS) is 37.4. The minimum absolute atomic E-state index is 0.870. The summed E-state index contributed by atoms with van der Waals surface area (Å²) < 4.78 is 0. The lowest BCUT2D eigenvalue weighted by molar-refractivity contribution is 0.147. The Morgan fingerprint density at radius 1 is 1.27 bits per heavy atom. The van der Waals surface area contributed by atoms with Gasteiger partial charge in [-0.25, -0.2) is 0 Å². The predicted molar refractivity (Wildman–Crippen MR) is 65.0 cm³/mol. The van der Waals surface area contributed by atoms with E-state index >= 15 is 0 Å². The van der Waals surface area contributed by atoms with E-state index in [1.54, 1.807) is 0 Å². The summed E-state index contributed by atoms with van der Waals surface area (Å²) in [5.41, 5.74) is 0. The Hall–Kier alpha value is -0.0800. The molecule has 2 aliphatic rings. The highest BCUT2D eigenvalue weighted by atomic mass is 15.1. The van der Waals surface area contributed by atoms with Crippen molar-refractivity contribution in [2.24, 2.45) is 11.8 Å². The standard InChI is InChI=1S/C13H26N2/c1-11-4-3-5-13(8-11)15(2)10-12-6-7-14-9-12/h11-14H,3-10H2,1-2H3. The molecule has 2 fully saturated rings. The molecule has 2 heteroatoms. The second-order valence-corrected chi connectivity index (χ2v) is 5.72. The fourth-order valence-corrected chi connectivity index (χ4v) is 3.23. The fourth-order valence-electron chi connectivity index (χ4n) is 3.23. The van der Waals surface area contributed by atoms with E-state index in [2.05, 4.69) is 24.2 Å². The summed E-state index contributed by atoms with van der Waals surface area (Å²) in [6.45, 7) is 6.20. The first-order valence-electron chi connectivity index (χ1n) is 6.66. The smallest absolute Gasteiger partial charge is 0.00948 e. The summed E-state index contributed by atoms with van der Waals surface area (Å²) in [4.78, 5) is 2.63. The van der Waals surface area contributed by atoms with Gasteiger partial charge in [0.1, 0.15) is 0 Å². The van der Waals surface area contributed by atoms with Crippen LogP contribution in [0.1, 0.15) is 39.0 Å². The summed E-state index contributed by atoms with van der Waals surface area (Å²) in [7, 11) is 2.33. The van der Waals surface area contributed by atoms with Crippen molar-refractivity contribution in [3.05, 3.63) is 0 Å². The van der Waals surface area contributed by atoms with Gasteiger partial charge >= 0.3 is 0 Å². The van der Waals surface area contributed by atoms with Crippen LogP contribution in [-0.2, 0) is 0 Å². The molecule has 1 saturated heterocycles. The molecule has 0 spiro atoms. The monoisotopic (exact) mass is 210 g/mol. The van der Waals surface area contributed by atoms with Gasteiger partial charge in [-0.15, -0.1) is 0 Å². The van der Waals surface area contributed by atoms with Crippen molar-refractivity contribution in [3.8, 4) is 0 Å². The lowest BCUT2D eigenvalue weighted by Gasteiger charge is -2.35. The SMILES string of the molecule is CC1CCCC(N(C)CC2CCNC2)C1. The Kier molecular flexibility index (Phi) is 4.04. The lowest BCUT2D eigenvalue weighted by atomic mass is 9.86. The Labute approximate surface area is 94.4 Å². The van der Waals surface area contributed by atoms with Crippen LogP contribution in [0, 0.1) is 11.8 Å². The van der Waals surface area contributed by atoms with Crippen LogP contribution in [0.4, 0.5) is 0 Å². The first-order chi connectivity index (χ1) is 7.25. The van der Waals surface area contributed by atoms with Crippen molar-refractivity contribution >= 4 is 0 Å². The highest BCUT2D eigenvalue weighted by Crippen LogP contribution is 2.27. The van der Waals surface area contributed by atoms with E-state index in [0.717, 1.165) is 17.9 Å². The van der Waals surface area contributed by atoms with Crippen molar-refractivity contribution < 1.29 is 0 Å². The average Bonchev–Trinajstić information content (AvgIpc) is 2.70. The molecule has 1 N–H and O–H groups in total. The highest BCUT2D eigenvalue weighted by molar-refractivity contribution is 4.80. The van der Waals surface area contributed by atoms with Crippen molar-refractivity contribution in [3.63, 3.8) is 0 Å². The summed E-state index contributed by atoms with van der Waals surface area (Å²) >= 11 is 0. The average molecular weight is 210 g/mol. The zero-order valence-electron chi connectivity index (χ0n) is 10.3. The van der Waals surface area contributed by atoms with Gasteiger partial charge in [0.15, 0.2) is 0 Å². The maximum absolute atomic E-state index is 3.46. The van der Waals surface area contributed by atoms with Crippen LogP contribution in [0.5, 0.6) is 0 Å². The van der Waals surface area contributed by atoms with E-state index in [1.807, 2.05) is 0 Å². The van der Waals surface area contributed by atoms with Crippen LogP contribution >= 0.6 is 0 Å². The molecule has 15 heavy (non-hydrogen) atoms. The van der Waals surface area contributed by atoms with Gasteiger partial charge in [-0.05, 0) is 51.2 Å². The van der Waals surface area contributed by atoms with Gasteiger partial charge < -0.3 is 10.2 Å². The number of nitrogens with one attached hydrogen (secondary N) is 1. The third-order valence-corrected chi connectivity index (χ3v) is 4.24. The number of rotatable bonds is 3. The number of hydrogen-bond donors (Lipinski definition) is 1. The van der Waals surface area contributed by atoms with Gasteiger partial charge in [0.25, 0.3) is 0 Å². The number of hydrogen-bond acceptors (Lipinski definition) is 2. The first-order valence-corrected chi connectivity index (χ1v) is 6.66. The first kappa shape index (κ1) is 11.4. The van der Waals surface area contributed by atoms with Gasteiger partial charge in [-0.1, -0.05) is 19.8 Å². The summed E-state index contributed by atoms with van der Waals surface area (Å²) in [6, 6.07) is 0.870. The summed E-state index contributed by atoms with van der Waals surface area (Å²) in [5.74, 6) is 1.86. The van der Waals surface area contributed by atoms with E-state index in [0.29, 0.717) is 0 Å². The molecule has 0 aromatic rings. The van der Waals surface area contributed by atoms with E-state index in [-0.39, 0.29) is 0 Å². The van der Waals surface area contributed by atoms with Crippen molar-refractivity contribution in [1.29, 1.82) is 0 Å². The lowest BCUT2D eigenvalue weighted by Crippen LogP contribution is -2.38. The van der Waals surface area contributed by atoms with E-state index in [4.69, 9.17) is 0 Å². The molecule has 0 aromatic heterocycles. The number of nitrogens with zero attached hydrogens (tertiary/aromatic N) is 1. The third kappa shape index (κ3) is 3.18. The van der Waals surface area contributed by atoms with Crippen molar-refractivity contribution in [2.75, 3.05) is 26.7 Å². The summed E-state index contributed by atoms with van der Waals surface area (Å²) in [6.07, 6.45) is 7.14. The van der Waals surface area contributed by atoms with Crippen LogP contribution in [0.2, 0.25) is 0 Å². The van der Waals surface area contributed by atoms with Crippen LogP contribution in [0.15, 0.2) is 0 Å². The second kappa shape index (κ2) is 5.31. The Bertz CT molecular complexity index is 187. The van der Waals surface area contributed by atoms with E-state index in [1.165, 1.54) is 51.7 Å². The predicted octanol–water partition coefficient (Wildman–Crippen LogP) is 2.11. The maximum atomic E-state index is 3.46. The Morgan fingerprint density at radius 3 is 2.80 bits per heavy atom. The second-order valence-electron chi connectivity index (χ2n) is 5.72. The topological polar surface area (TPSA) is 15.3 Å². The van der Waals surface area contributed by atoms with Gasteiger partial charge in [0, 0.05) is 12.6 Å². The zero-order chi connectivity index (χ0) is 10.7. The molecule has 1 aliphatic carbocycles. The molecule has 3 unspecified atom stereocenters. The fraction of sp³-hybridized carbons (Fsp3) is 1.00. The minimum Gasteiger partial charge on any atom is -0.316 e. The van der Waals surface area contributed by atoms with Gasteiger partial charge in [-0.2, -0.15) is 0 Å². The summed E-state index contributed by atoms with van der Waals surface area (Å²) in [5, 5.41) is 3.46. The molecule has 1 heterocycles. The molecule has 0 amide bonds. The van der Waals surface area contributed by atoms with Crippen molar-refractivity contribution in [2.45, 2.75) is 45.1 Å². The van der Waals surface area contributed by atoms with Gasteiger partial charge in [0.2, 0.25) is 0 Å². The van der Waals surface area contributed by atoms with Crippen LogP contribution in [0.3, 0.4) is 0 Å². The van der Waals surface area contributed by atoms with Crippen LogP contribution < -0.4 is 5.32 Å². The van der Waals surface area contributed by atoms with E-state index in [9.17, 15) is 0 Å². The molecule has 1 aliphatic heterocycles. The molecule has 2 nitrogen and oxygen atoms in total. The maximum Gasteiger partial charge on any atom is 0.00948 e. The van der Waals surface area contributed by atoms with Crippen LogP contribution in [0.25, 0.3) is 0 Å². The largest absolute Gasteiger partial charge is 0.316 e. The van der Waals surface area contributed by atoms with E-state index < -0.39 is 0 Å². The van der Waals surface area contributed by atoms with Crippen LogP contribution in [-0.4, -0.2) is 37.6 Å².